The molecule has 0 fully saturated rings. The van der Waals surface area contributed by atoms with E-state index in [9.17, 15) is 9.18 Å². The lowest BCUT2D eigenvalue weighted by Crippen LogP contribution is -2.39. The van der Waals surface area contributed by atoms with E-state index in [4.69, 9.17) is 4.74 Å². The van der Waals surface area contributed by atoms with Gasteiger partial charge in [-0.15, -0.1) is 0 Å². The minimum atomic E-state index is -0.266. The van der Waals surface area contributed by atoms with Crippen LogP contribution in [-0.4, -0.2) is 47.9 Å². The van der Waals surface area contributed by atoms with E-state index in [1.807, 2.05) is 25.1 Å². The van der Waals surface area contributed by atoms with Crippen molar-refractivity contribution in [2.45, 2.75) is 12.6 Å². The molecule has 0 spiro atoms. The van der Waals surface area contributed by atoms with Crippen LogP contribution in [0.3, 0.4) is 0 Å². The third-order valence-electron chi connectivity index (χ3n) is 3.66. The smallest absolute Gasteiger partial charge is 0.234 e. The number of carbonyl (C=O) groups excluding carboxylic acids is 1. The zero-order valence-electron chi connectivity index (χ0n) is 14.2. The first-order valence-electron chi connectivity index (χ1n) is 7.68. The Morgan fingerprint density at radius 2 is 2.08 bits per heavy atom. The summed E-state index contributed by atoms with van der Waals surface area (Å²) < 4.78 is 19.8. The molecule has 24 heavy (non-hydrogen) atoms. The molecule has 0 radical (unpaired) electrons. The molecule has 1 amide bonds. The number of hydrogen-bond donors (Lipinski definition) is 1. The first-order chi connectivity index (χ1) is 11.5. The summed E-state index contributed by atoms with van der Waals surface area (Å²) >= 11 is 0. The van der Waals surface area contributed by atoms with E-state index in [-0.39, 0.29) is 24.3 Å². The summed E-state index contributed by atoms with van der Waals surface area (Å²) in [5.74, 6) is -0.374. The van der Waals surface area contributed by atoms with E-state index in [0.717, 1.165) is 11.3 Å². The molecule has 0 aliphatic heterocycles. The number of methoxy groups -OCH3 is 1. The summed E-state index contributed by atoms with van der Waals surface area (Å²) in [6.07, 6.45) is 1.69. The molecule has 0 aliphatic carbocycles. The highest BCUT2D eigenvalue weighted by Gasteiger charge is 2.18. The van der Waals surface area contributed by atoms with Gasteiger partial charge in [-0.05, 0) is 30.8 Å². The average molecular weight is 334 g/mol. The van der Waals surface area contributed by atoms with Gasteiger partial charge in [0, 0.05) is 26.9 Å². The lowest BCUT2D eigenvalue weighted by Gasteiger charge is -2.21. The number of benzene rings is 1. The van der Waals surface area contributed by atoms with Gasteiger partial charge < -0.3 is 10.1 Å². The molecule has 1 heterocycles. The fourth-order valence-electron chi connectivity index (χ4n) is 2.54. The van der Waals surface area contributed by atoms with Gasteiger partial charge in [-0.1, -0.05) is 12.1 Å². The van der Waals surface area contributed by atoms with Crippen LogP contribution in [-0.2, 0) is 23.1 Å². The lowest BCUT2D eigenvalue weighted by molar-refractivity contribution is -0.123. The van der Waals surface area contributed by atoms with Crippen LogP contribution >= 0.6 is 0 Å². The summed E-state index contributed by atoms with van der Waals surface area (Å²) in [4.78, 5) is 14.2. The molecule has 6 nitrogen and oxygen atoms in total. The summed E-state index contributed by atoms with van der Waals surface area (Å²) in [6, 6.07) is 7.86. The number of hydrogen-bond acceptors (Lipinski definition) is 4. The topological polar surface area (TPSA) is 59.4 Å². The van der Waals surface area contributed by atoms with Gasteiger partial charge in [0.15, 0.2) is 0 Å². The quantitative estimate of drug-likeness (QED) is 0.795. The van der Waals surface area contributed by atoms with Gasteiger partial charge in [-0.3, -0.25) is 14.4 Å². The maximum absolute atomic E-state index is 12.9. The highest BCUT2D eigenvalue weighted by atomic mass is 19.1. The molecule has 1 unspecified atom stereocenters. The largest absolute Gasteiger partial charge is 0.382 e. The molecule has 1 N–H and O–H groups in total. The van der Waals surface area contributed by atoms with Crippen molar-refractivity contribution < 1.29 is 13.9 Å². The fourth-order valence-corrected chi connectivity index (χ4v) is 2.54. The van der Waals surface area contributed by atoms with Crippen LogP contribution < -0.4 is 5.32 Å². The maximum Gasteiger partial charge on any atom is 0.234 e. The lowest BCUT2D eigenvalue weighted by atomic mass is 10.2. The van der Waals surface area contributed by atoms with Crippen LogP contribution in [0.5, 0.6) is 0 Å². The Morgan fingerprint density at radius 3 is 2.67 bits per heavy atom. The Hall–Kier alpha value is -2.25. The predicted octanol–water partition coefficient (Wildman–Crippen LogP) is 1.49. The molecule has 7 heteroatoms. The number of nitrogens with one attached hydrogen (secondary N) is 1. The zero-order chi connectivity index (χ0) is 17.5. The van der Waals surface area contributed by atoms with E-state index in [0.29, 0.717) is 13.2 Å². The summed E-state index contributed by atoms with van der Waals surface area (Å²) in [6.45, 7) is 1.16. The van der Waals surface area contributed by atoms with Crippen LogP contribution in [0.1, 0.15) is 17.3 Å². The molecular formula is C17H23FN4O2. The SMILES string of the molecule is COCC(NC(=O)CN(C)Cc1ccc(F)cc1)c1ccnn1C. The van der Waals surface area contributed by atoms with Crippen molar-refractivity contribution in [3.8, 4) is 0 Å². The van der Waals surface area contributed by atoms with Crippen molar-refractivity contribution in [2.75, 3.05) is 27.3 Å². The number of carbonyl (C=O) groups is 1. The second kappa shape index (κ2) is 8.56. The summed E-state index contributed by atoms with van der Waals surface area (Å²) in [7, 11) is 5.26. The van der Waals surface area contributed by atoms with E-state index in [1.165, 1.54) is 12.1 Å². The molecule has 0 aliphatic rings. The average Bonchev–Trinajstić information content (AvgIpc) is 2.95. The zero-order valence-corrected chi connectivity index (χ0v) is 14.2. The Kier molecular flexibility index (Phi) is 6.45. The molecule has 2 aromatic rings. The highest BCUT2D eigenvalue weighted by Crippen LogP contribution is 2.12. The van der Waals surface area contributed by atoms with Crippen LogP contribution in [0.2, 0.25) is 0 Å². The van der Waals surface area contributed by atoms with Crippen LogP contribution in [0.25, 0.3) is 0 Å². The molecule has 1 aromatic carbocycles. The van der Waals surface area contributed by atoms with Gasteiger partial charge in [0.25, 0.3) is 0 Å². The van der Waals surface area contributed by atoms with Crippen LogP contribution in [0, 0.1) is 5.82 Å². The van der Waals surface area contributed by atoms with Crippen LogP contribution in [0.4, 0.5) is 4.39 Å². The number of amides is 1. The number of nitrogens with zero attached hydrogens (tertiary/aromatic N) is 3. The third kappa shape index (κ3) is 5.14. The number of aryl methyl sites for hydroxylation is 1. The number of rotatable bonds is 8. The fraction of sp³-hybridized carbons (Fsp3) is 0.412. The monoisotopic (exact) mass is 334 g/mol. The Bertz CT molecular complexity index is 657. The van der Waals surface area contributed by atoms with Gasteiger partial charge in [-0.2, -0.15) is 5.10 Å². The first kappa shape index (κ1) is 18.1. The van der Waals surface area contributed by atoms with Crippen molar-refractivity contribution in [3.63, 3.8) is 0 Å². The Balaban J connectivity index is 1.90. The number of ether oxygens (including phenoxy) is 1. The Morgan fingerprint density at radius 1 is 1.38 bits per heavy atom. The van der Waals surface area contributed by atoms with E-state index in [1.54, 1.807) is 30.1 Å². The minimum Gasteiger partial charge on any atom is -0.382 e. The van der Waals surface area contributed by atoms with Gasteiger partial charge in [0.05, 0.1) is 24.9 Å². The molecule has 0 bridgehead atoms. The maximum atomic E-state index is 12.9. The molecule has 1 aromatic heterocycles. The molecule has 2 rings (SSSR count). The van der Waals surface area contributed by atoms with Crippen molar-refractivity contribution in [3.05, 3.63) is 53.6 Å². The van der Waals surface area contributed by atoms with Crippen molar-refractivity contribution in [1.82, 2.24) is 20.0 Å². The second-order valence-electron chi connectivity index (χ2n) is 5.75. The number of halogens is 1. The number of aromatic nitrogens is 2. The Labute approximate surface area is 141 Å². The second-order valence-corrected chi connectivity index (χ2v) is 5.75. The molecule has 0 saturated heterocycles. The molecule has 1 atom stereocenters. The standard InChI is InChI=1S/C17H23FN4O2/c1-21(10-13-4-6-14(18)7-5-13)11-17(23)20-15(12-24-3)16-8-9-19-22(16)2/h4-9,15H,10-12H2,1-3H3,(H,20,23). The van der Waals surface area contributed by atoms with Crippen molar-refractivity contribution in [1.29, 1.82) is 0 Å². The minimum absolute atomic E-state index is 0.108. The predicted molar refractivity (Wildman–Crippen MR) is 88.7 cm³/mol. The normalized spacial score (nSPS) is 12.4. The molecule has 0 saturated carbocycles. The first-order valence-corrected chi connectivity index (χ1v) is 7.68. The molecular weight excluding hydrogens is 311 g/mol. The van der Waals surface area contributed by atoms with Crippen LogP contribution in [0.15, 0.2) is 36.5 Å². The van der Waals surface area contributed by atoms with Gasteiger partial charge in [0.1, 0.15) is 5.82 Å². The third-order valence-corrected chi connectivity index (χ3v) is 3.66. The highest BCUT2D eigenvalue weighted by molar-refractivity contribution is 5.78. The van der Waals surface area contributed by atoms with E-state index >= 15 is 0 Å². The van der Waals surface area contributed by atoms with Gasteiger partial charge in [-0.25, -0.2) is 4.39 Å². The summed E-state index contributed by atoms with van der Waals surface area (Å²) in [5, 5.41) is 7.08. The van der Waals surface area contributed by atoms with E-state index < -0.39 is 0 Å². The van der Waals surface area contributed by atoms with E-state index in [2.05, 4.69) is 10.4 Å². The van der Waals surface area contributed by atoms with Crippen molar-refractivity contribution >= 4 is 5.91 Å². The van der Waals surface area contributed by atoms with Crippen molar-refractivity contribution in [2.24, 2.45) is 7.05 Å². The van der Waals surface area contributed by atoms with Gasteiger partial charge in [0.2, 0.25) is 5.91 Å². The number of likely N-dealkylation sites (N-methyl/N-ethyl adjacent to an activating group) is 1. The summed E-state index contributed by atoms with van der Waals surface area (Å²) in [5.41, 5.74) is 1.83. The van der Waals surface area contributed by atoms with Gasteiger partial charge >= 0.3 is 0 Å². The molecule has 130 valence electrons.